The van der Waals surface area contributed by atoms with Gasteiger partial charge in [0.05, 0.1) is 6.61 Å². The van der Waals surface area contributed by atoms with Crippen molar-refractivity contribution in [3.8, 4) is 5.75 Å². The number of amides is 2. The highest BCUT2D eigenvalue weighted by Crippen LogP contribution is 2.16. The van der Waals surface area contributed by atoms with E-state index in [1.165, 1.54) is 0 Å². The van der Waals surface area contributed by atoms with Crippen LogP contribution >= 0.6 is 0 Å². The number of carbonyl (C=O) groups excluding carboxylic acids is 2. The minimum Gasteiger partial charge on any atom is -0.493 e. The third-order valence-electron chi connectivity index (χ3n) is 4.02. The van der Waals surface area contributed by atoms with Crippen LogP contribution in [0.25, 0.3) is 0 Å². The lowest BCUT2D eigenvalue weighted by Gasteiger charge is -2.10. The zero-order valence-electron chi connectivity index (χ0n) is 15.4. The second kappa shape index (κ2) is 10.2. The van der Waals surface area contributed by atoms with E-state index in [2.05, 4.69) is 10.6 Å². The molecule has 0 aliphatic heterocycles. The van der Waals surface area contributed by atoms with Crippen molar-refractivity contribution < 1.29 is 14.3 Å². The minimum absolute atomic E-state index is 0.0384. The smallest absolute Gasteiger partial charge is 0.251 e. The summed E-state index contributed by atoms with van der Waals surface area (Å²) in [5.41, 5.74) is 2.68. The van der Waals surface area contributed by atoms with Gasteiger partial charge in [-0.1, -0.05) is 36.4 Å². The summed E-state index contributed by atoms with van der Waals surface area (Å²) < 4.78 is 5.67. The van der Waals surface area contributed by atoms with Crippen molar-refractivity contribution >= 4 is 11.8 Å². The average Bonchev–Trinajstić information content (AvgIpc) is 2.64. The minimum atomic E-state index is -0.121. The maximum absolute atomic E-state index is 12.0. The molecular formula is C21H26N2O3. The van der Waals surface area contributed by atoms with Crippen LogP contribution < -0.4 is 15.4 Å². The number of ether oxygens (including phenoxy) is 1. The third kappa shape index (κ3) is 6.24. The Hall–Kier alpha value is -2.82. The van der Waals surface area contributed by atoms with Crippen LogP contribution in [0.5, 0.6) is 5.75 Å². The molecule has 138 valence electrons. The molecule has 5 nitrogen and oxygen atoms in total. The van der Waals surface area contributed by atoms with Gasteiger partial charge in [-0.2, -0.15) is 0 Å². The lowest BCUT2D eigenvalue weighted by Crippen LogP contribution is -2.34. The van der Waals surface area contributed by atoms with Gasteiger partial charge in [-0.15, -0.1) is 0 Å². The SMILES string of the molecule is Cc1ccccc1OCCCC(=O)NCCNC(=O)c1ccccc1C. The Morgan fingerprint density at radius 3 is 2.27 bits per heavy atom. The second-order valence-electron chi connectivity index (χ2n) is 6.14. The molecular weight excluding hydrogens is 328 g/mol. The molecule has 0 aliphatic carbocycles. The van der Waals surface area contributed by atoms with Crippen molar-refractivity contribution in [2.24, 2.45) is 0 Å². The molecule has 0 aliphatic rings. The van der Waals surface area contributed by atoms with E-state index < -0.39 is 0 Å². The molecule has 0 bridgehead atoms. The molecule has 26 heavy (non-hydrogen) atoms. The van der Waals surface area contributed by atoms with Crippen LogP contribution in [0, 0.1) is 13.8 Å². The van der Waals surface area contributed by atoms with Gasteiger partial charge in [-0.3, -0.25) is 9.59 Å². The van der Waals surface area contributed by atoms with Gasteiger partial charge in [0.1, 0.15) is 5.75 Å². The summed E-state index contributed by atoms with van der Waals surface area (Å²) in [6.45, 7) is 5.21. The van der Waals surface area contributed by atoms with Gasteiger partial charge in [0.15, 0.2) is 0 Å². The Bertz CT molecular complexity index is 744. The molecule has 5 heteroatoms. The number of hydrogen-bond acceptors (Lipinski definition) is 3. The molecule has 0 saturated carbocycles. The Kier molecular flexibility index (Phi) is 7.68. The molecule has 0 heterocycles. The van der Waals surface area contributed by atoms with Crippen LogP contribution in [0.2, 0.25) is 0 Å². The molecule has 0 spiro atoms. The first-order valence-electron chi connectivity index (χ1n) is 8.87. The van der Waals surface area contributed by atoms with Crippen LogP contribution in [0.15, 0.2) is 48.5 Å². The monoisotopic (exact) mass is 354 g/mol. The fourth-order valence-electron chi connectivity index (χ4n) is 2.52. The van der Waals surface area contributed by atoms with Crippen molar-refractivity contribution in [2.75, 3.05) is 19.7 Å². The van der Waals surface area contributed by atoms with Crippen LogP contribution in [0.3, 0.4) is 0 Å². The number of hydrogen-bond donors (Lipinski definition) is 2. The van der Waals surface area contributed by atoms with E-state index in [0.29, 0.717) is 38.1 Å². The zero-order chi connectivity index (χ0) is 18.8. The summed E-state index contributed by atoms with van der Waals surface area (Å²) >= 11 is 0. The maximum Gasteiger partial charge on any atom is 0.251 e. The van der Waals surface area contributed by atoms with E-state index in [0.717, 1.165) is 16.9 Å². The van der Waals surface area contributed by atoms with Gasteiger partial charge in [0.25, 0.3) is 5.91 Å². The van der Waals surface area contributed by atoms with Crippen molar-refractivity contribution in [3.63, 3.8) is 0 Å². The summed E-state index contributed by atoms with van der Waals surface area (Å²) in [6, 6.07) is 15.2. The van der Waals surface area contributed by atoms with E-state index in [1.807, 2.05) is 56.3 Å². The van der Waals surface area contributed by atoms with Gasteiger partial charge in [0.2, 0.25) is 5.91 Å². The molecule has 2 amide bonds. The third-order valence-corrected chi connectivity index (χ3v) is 4.02. The molecule has 0 unspecified atom stereocenters. The fourth-order valence-corrected chi connectivity index (χ4v) is 2.52. The number of para-hydroxylation sites is 1. The molecule has 2 aromatic carbocycles. The van der Waals surface area contributed by atoms with E-state index in [-0.39, 0.29) is 11.8 Å². The maximum atomic E-state index is 12.0. The van der Waals surface area contributed by atoms with E-state index >= 15 is 0 Å². The van der Waals surface area contributed by atoms with Crippen molar-refractivity contribution in [3.05, 3.63) is 65.2 Å². The quantitative estimate of drug-likeness (QED) is 0.680. The van der Waals surface area contributed by atoms with Crippen LogP contribution in [-0.2, 0) is 4.79 Å². The highest BCUT2D eigenvalue weighted by Gasteiger charge is 2.07. The number of rotatable bonds is 9. The van der Waals surface area contributed by atoms with Crippen LogP contribution in [0.1, 0.15) is 34.3 Å². The predicted molar refractivity (Wildman–Crippen MR) is 102 cm³/mol. The Labute approximate surface area is 154 Å². The number of carbonyl (C=O) groups is 2. The first kappa shape index (κ1) is 19.5. The largest absolute Gasteiger partial charge is 0.493 e. The predicted octanol–water partition coefficient (Wildman–Crippen LogP) is 3.01. The Morgan fingerprint density at radius 1 is 0.885 bits per heavy atom. The molecule has 0 atom stereocenters. The molecule has 0 aromatic heterocycles. The van der Waals surface area contributed by atoms with Gasteiger partial charge in [-0.05, 0) is 43.5 Å². The first-order chi connectivity index (χ1) is 12.6. The second-order valence-corrected chi connectivity index (χ2v) is 6.14. The first-order valence-corrected chi connectivity index (χ1v) is 8.87. The Morgan fingerprint density at radius 2 is 1.54 bits per heavy atom. The number of aryl methyl sites for hydroxylation is 2. The van der Waals surface area contributed by atoms with Crippen LogP contribution in [0.4, 0.5) is 0 Å². The van der Waals surface area contributed by atoms with Gasteiger partial charge < -0.3 is 15.4 Å². The lowest BCUT2D eigenvalue weighted by molar-refractivity contribution is -0.121. The van der Waals surface area contributed by atoms with E-state index in [4.69, 9.17) is 4.74 Å². The molecule has 0 fully saturated rings. The highest BCUT2D eigenvalue weighted by molar-refractivity contribution is 5.95. The van der Waals surface area contributed by atoms with Gasteiger partial charge in [-0.25, -0.2) is 0 Å². The number of nitrogens with one attached hydrogen (secondary N) is 2. The zero-order valence-corrected chi connectivity index (χ0v) is 15.4. The lowest BCUT2D eigenvalue weighted by atomic mass is 10.1. The molecule has 0 saturated heterocycles. The van der Waals surface area contributed by atoms with Crippen molar-refractivity contribution in [1.82, 2.24) is 10.6 Å². The fraction of sp³-hybridized carbons (Fsp3) is 0.333. The van der Waals surface area contributed by atoms with E-state index in [9.17, 15) is 9.59 Å². The molecule has 2 aromatic rings. The standard InChI is InChI=1S/C21H26N2O3/c1-16-8-3-5-10-18(16)21(25)23-14-13-22-20(24)12-7-15-26-19-11-6-4-9-17(19)2/h3-6,8-11H,7,12-15H2,1-2H3,(H,22,24)(H,23,25). The molecule has 0 radical (unpaired) electrons. The number of benzene rings is 2. The summed E-state index contributed by atoms with van der Waals surface area (Å²) in [4.78, 5) is 23.9. The molecule has 2 rings (SSSR count). The van der Waals surface area contributed by atoms with Gasteiger partial charge >= 0.3 is 0 Å². The normalized spacial score (nSPS) is 10.2. The average molecular weight is 354 g/mol. The summed E-state index contributed by atoms with van der Waals surface area (Å²) in [7, 11) is 0. The van der Waals surface area contributed by atoms with Crippen molar-refractivity contribution in [1.29, 1.82) is 0 Å². The Balaban J connectivity index is 1.57. The van der Waals surface area contributed by atoms with Gasteiger partial charge in [0, 0.05) is 25.1 Å². The summed E-state index contributed by atoms with van der Waals surface area (Å²) in [5, 5.41) is 5.62. The topological polar surface area (TPSA) is 67.4 Å². The highest BCUT2D eigenvalue weighted by atomic mass is 16.5. The summed E-state index contributed by atoms with van der Waals surface area (Å²) in [6.07, 6.45) is 1.05. The summed E-state index contributed by atoms with van der Waals surface area (Å²) in [5.74, 6) is 0.694. The van der Waals surface area contributed by atoms with Crippen molar-refractivity contribution in [2.45, 2.75) is 26.7 Å². The van der Waals surface area contributed by atoms with E-state index in [1.54, 1.807) is 6.07 Å². The van der Waals surface area contributed by atoms with Crippen LogP contribution in [-0.4, -0.2) is 31.5 Å². The molecule has 2 N–H and O–H groups in total.